The van der Waals surface area contributed by atoms with E-state index in [1.165, 1.54) is 29.7 Å². The molecule has 2 aromatic rings. The standard InChI is InChI=1S/C23H27NO2/c25-23(26)22-15-19(22)11-8-17-9-12-21(13-10-17)24-14-4-7-20(16-24)18-5-2-1-3-6-18/h1-3,5-6,9-10,12-13,19-20,22H,4,7-8,11,14-16H2,(H,25,26)/t19-,20-,22-/m1/s1. The zero-order valence-corrected chi connectivity index (χ0v) is 15.2. The molecule has 0 aromatic heterocycles. The summed E-state index contributed by atoms with van der Waals surface area (Å²) in [6, 6.07) is 19.8. The number of rotatable bonds is 6. The summed E-state index contributed by atoms with van der Waals surface area (Å²) in [6.45, 7) is 2.22. The second-order valence-electron chi connectivity index (χ2n) is 7.84. The molecule has 4 rings (SSSR count). The Morgan fingerprint density at radius 2 is 1.85 bits per heavy atom. The number of benzene rings is 2. The Morgan fingerprint density at radius 3 is 2.54 bits per heavy atom. The highest BCUT2D eigenvalue weighted by molar-refractivity contribution is 5.73. The van der Waals surface area contributed by atoms with Crippen LogP contribution in [0.5, 0.6) is 0 Å². The van der Waals surface area contributed by atoms with Crippen molar-refractivity contribution in [2.45, 2.75) is 38.0 Å². The van der Waals surface area contributed by atoms with E-state index in [4.69, 9.17) is 5.11 Å². The van der Waals surface area contributed by atoms with Crippen LogP contribution in [0.4, 0.5) is 5.69 Å². The number of aliphatic carboxylic acids is 1. The van der Waals surface area contributed by atoms with Gasteiger partial charge in [-0.25, -0.2) is 0 Å². The fourth-order valence-corrected chi connectivity index (χ4v) is 4.30. The molecule has 1 aliphatic heterocycles. The van der Waals surface area contributed by atoms with Gasteiger partial charge in [0.2, 0.25) is 0 Å². The summed E-state index contributed by atoms with van der Waals surface area (Å²) in [4.78, 5) is 13.4. The molecule has 0 spiro atoms. The van der Waals surface area contributed by atoms with Gasteiger partial charge in [0, 0.05) is 24.7 Å². The summed E-state index contributed by atoms with van der Waals surface area (Å²) < 4.78 is 0. The Labute approximate surface area is 155 Å². The lowest BCUT2D eigenvalue weighted by Gasteiger charge is -2.34. The molecule has 0 bridgehead atoms. The van der Waals surface area contributed by atoms with Gasteiger partial charge in [0.25, 0.3) is 0 Å². The molecule has 1 saturated heterocycles. The molecule has 0 unspecified atom stereocenters. The van der Waals surface area contributed by atoms with Crippen molar-refractivity contribution in [3.8, 4) is 0 Å². The number of aryl methyl sites for hydroxylation is 1. The molecule has 0 radical (unpaired) electrons. The predicted octanol–water partition coefficient (Wildman–Crippen LogP) is 4.72. The van der Waals surface area contributed by atoms with Gasteiger partial charge in [-0.15, -0.1) is 0 Å². The highest BCUT2D eigenvalue weighted by atomic mass is 16.4. The third-order valence-corrected chi connectivity index (χ3v) is 6.04. The van der Waals surface area contributed by atoms with E-state index in [9.17, 15) is 4.79 Å². The Balaban J connectivity index is 1.34. The summed E-state index contributed by atoms with van der Waals surface area (Å²) in [6.07, 6.45) is 5.35. The van der Waals surface area contributed by atoms with Gasteiger partial charge in [-0.05, 0) is 61.3 Å². The molecule has 3 heteroatoms. The first-order valence-electron chi connectivity index (χ1n) is 9.82. The van der Waals surface area contributed by atoms with Crippen LogP contribution in [0.15, 0.2) is 54.6 Å². The minimum atomic E-state index is -0.622. The lowest BCUT2D eigenvalue weighted by Crippen LogP contribution is -2.34. The zero-order chi connectivity index (χ0) is 17.9. The molecule has 0 amide bonds. The molecule has 3 atom stereocenters. The summed E-state index contributed by atoms with van der Waals surface area (Å²) in [5.74, 6) is 0.300. The molecule has 2 fully saturated rings. The Morgan fingerprint density at radius 1 is 1.08 bits per heavy atom. The minimum Gasteiger partial charge on any atom is -0.481 e. The van der Waals surface area contributed by atoms with Crippen molar-refractivity contribution in [1.82, 2.24) is 0 Å². The smallest absolute Gasteiger partial charge is 0.306 e. The van der Waals surface area contributed by atoms with Gasteiger partial charge in [0.05, 0.1) is 5.92 Å². The monoisotopic (exact) mass is 349 g/mol. The Hall–Kier alpha value is -2.29. The maximum Gasteiger partial charge on any atom is 0.306 e. The molecule has 1 saturated carbocycles. The summed E-state index contributed by atoms with van der Waals surface area (Å²) >= 11 is 0. The van der Waals surface area contributed by atoms with Crippen LogP contribution in [0.2, 0.25) is 0 Å². The van der Waals surface area contributed by atoms with E-state index < -0.39 is 5.97 Å². The van der Waals surface area contributed by atoms with Gasteiger partial charge >= 0.3 is 5.97 Å². The molecular formula is C23H27NO2. The van der Waals surface area contributed by atoms with Crippen LogP contribution in [0.3, 0.4) is 0 Å². The van der Waals surface area contributed by atoms with Crippen LogP contribution >= 0.6 is 0 Å². The van der Waals surface area contributed by atoms with E-state index in [-0.39, 0.29) is 5.92 Å². The third kappa shape index (κ3) is 3.92. The molecule has 2 aromatic carbocycles. The van der Waals surface area contributed by atoms with E-state index in [0.29, 0.717) is 11.8 Å². The van der Waals surface area contributed by atoms with Crippen LogP contribution in [-0.4, -0.2) is 24.2 Å². The summed E-state index contributed by atoms with van der Waals surface area (Å²) in [5.41, 5.74) is 4.08. The van der Waals surface area contributed by atoms with E-state index in [0.717, 1.165) is 32.4 Å². The average molecular weight is 349 g/mol. The van der Waals surface area contributed by atoms with Gasteiger partial charge < -0.3 is 10.0 Å². The number of nitrogens with zero attached hydrogens (tertiary/aromatic N) is 1. The van der Waals surface area contributed by atoms with Gasteiger partial charge in [0.15, 0.2) is 0 Å². The number of piperidine rings is 1. The third-order valence-electron chi connectivity index (χ3n) is 6.04. The van der Waals surface area contributed by atoms with Crippen molar-refractivity contribution in [1.29, 1.82) is 0 Å². The second kappa shape index (κ2) is 7.53. The summed E-state index contributed by atoms with van der Waals surface area (Å²) in [5, 5.41) is 9.00. The molecule has 3 nitrogen and oxygen atoms in total. The van der Waals surface area contributed by atoms with Crippen molar-refractivity contribution in [3.05, 3.63) is 65.7 Å². The van der Waals surface area contributed by atoms with E-state index >= 15 is 0 Å². The van der Waals surface area contributed by atoms with Crippen LogP contribution in [0.1, 0.15) is 42.7 Å². The first kappa shape index (κ1) is 17.1. The van der Waals surface area contributed by atoms with Crippen molar-refractivity contribution in [2.24, 2.45) is 11.8 Å². The fourth-order valence-electron chi connectivity index (χ4n) is 4.30. The van der Waals surface area contributed by atoms with Crippen molar-refractivity contribution < 1.29 is 9.90 Å². The lowest BCUT2D eigenvalue weighted by molar-refractivity contribution is -0.138. The molecule has 2 aliphatic rings. The number of carbonyl (C=O) groups is 1. The van der Waals surface area contributed by atoms with Crippen LogP contribution in [0.25, 0.3) is 0 Å². The second-order valence-corrected chi connectivity index (χ2v) is 7.84. The normalized spacial score (nSPS) is 25.1. The van der Waals surface area contributed by atoms with Gasteiger partial charge in [0.1, 0.15) is 0 Å². The number of hydrogen-bond acceptors (Lipinski definition) is 2. The Bertz CT molecular complexity index is 741. The quantitative estimate of drug-likeness (QED) is 0.820. The first-order chi connectivity index (χ1) is 12.7. The maximum atomic E-state index is 10.9. The largest absolute Gasteiger partial charge is 0.481 e. The number of carboxylic acids is 1. The average Bonchev–Trinajstić information content (AvgIpc) is 3.48. The van der Waals surface area contributed by atoms with E-state index in [1.807, 2.05) is 0 Å². The Kier molecular flexibility index (Phi) is 4.96. The predicted molar refractivity (Wildman–Crippen MR) is 105 cm³/mol. The SMILES string of the molecule is O=C(O)[C@@H]1C[C@H]1CCc1ccc(N2CCC[C@@H](c3ccccc3)C2)cc1. The number of carboxylic acid groups (broad SMARTS) is 1. The van der Waals surface area contributed by atoms with Gasteiger partial charge in [-0.3, -0.25) is 4.79 Å². The molecule has 26 heavy (non-hydrogen) atoms. The van der Waals surface area contributed by atoms with Crippen LogP contribution in [0, 0.1) is 11.8 Å². The zero-order valence-electron chi connectivity index (χ0n) is 15.2. The first-order valence-corrected chi connectivity index (χ1v) is 9.82. The number of hydrogen-bond donors (Lipinski definition) is 1. The molecule has 1 aliphatic carbocycles. The number of anilines is 1. The van der Waals surface area contributed by atoms with Gasteiger partial charge in [-0.1, -0.05) is 42.5 Å². The van der Waals surface area contributed by atoms with E-state index in [1.54, 1.807) is 0 Å². The topological polar surface area (TPSA) is 40.5 Å². The lowest BCUT2D eigenvalue weighted by atomic mass is 9.90. The molecular weight excluding hydrogens is 322 g/mol. The van der Waals surface area contributed by atoms with Crippen LogP contribution < -0.4 is 4.90 Å². The highest BCUT2D eigenvalue weighted by Gasteiger charge is 2.42. The van der Waals surface area contributed by atoms with Crippen LogP contribution in [-0.2, 0) is 11.2 Å². The minimum absolute atomic E-state index is 0.0856. The van der Waals surface area contributed by atoms with Crippen molar-refractivity contribution in [3.63, 3.8) is 0 Å². The summed E-state index contributed by atoms with van der Waals surface area (Å²) in [7, 11) is 0. The van der Waals surface area contributed by atoms with Gasteiger partial charge in [-0.2, -0.15) is 0 Å². The van der Waals surface area contributed by atoms with E-state index in [2.05, 4.69) is 59.5 Å². The van der Waals surface area contributed by atoms with Crippen molar-refractivity contribution in [2.75, 3.05) is 18.0 Å². The maximum absolute atomic E-state index is 10.9. The highest BCUT2D eigenvalue weighted by Crippen LogP contribution is 2.42. The molecule has 1 N–H and O–H groups in total. The van der Waals surface area contributed by atoms with Crippen molar-refractivity contribution >= 4 is 11.7 Å². The molecule has 1 heterocycles. The fraction of sp³-hybridized carbons (Fsp3) is 0.435. The molecule has 136 valence electrons.